The Hall–Kier alpha value is -2.54. The third-order valence-corrected chi connectivity index (χ3v) is 4.37. The lowest BCUT2D eigenvalue weighted by atomic mass is 10.1. The lowest BCUT2D eigenvalue weighted by molar-refractivity contribution is 0.100. The highest BCUT2D eigenvalue weighted by Crippen LogP contribution is 2.21. The van der Waals surface area contributed by atoms with Gasteiger partial charge < -0.3 is 21.1 Å². The Morgan fingerprint density at radius 2 is 2.24 bits per heavy atom. The van der Waals surface area contributed by atoms with E-state index in [0.717, 1.165) is 31.2 Å². The monoisotopic (exact) mass is 343 g/mol. The highest BCUT2D eigenvalue weighted by atomic mass is 16.5. The summed E-state index contributed by atoms with van der Waals surface area (Å²) in [5, 5.41) is 11.0. The van der Waals surface area contributed by atoms with E-state index in [1.807, 2.05) is 28.9 Å². The summed E-state index contributed by atoms with van der Waals surface area (Å²) in [6.45, 7) is 7.16. The van der Waals surface area contributed by atoms with Crippen LogP contribution in [0.1, 0.15) is 22.8 Å². The first-order valence-electron chi connectivity index (χ1n) is 8.55. The largest absolute Gasteiger partial charge is 0.492 e. The molecule has 0 bridgehead atoms. The average molecular weight is 343 g/mol. The van der Waals surface area contributed by atoms with Gasteiger partial charge in [-0.1, -0.05) is 17.7 Å². The molecule has 4 N–H and O–H groups in total. The molecule has 0 unspecified atom stereocenters. The molecule has 25 heavy (non-hydrogen) atoms. The summed E-state index contributed by atoms with van der Waals surface area (Å²) >= 11 is 0. The number of hydrogen-bond donors (Lipinski definition) is 3. The van der Waals surface area contributed by atoms with Crippen LogP contribution in [0.5, 0.6) is 5.75 Å². The fraction of sp³-hybridized carbons (Fsp3) is 0.444. The average Bonchev–Trinajstić information content (AvgIpc) is 3.03. The molecule has 0 spiro atoms. The van der Waals surface area contributed by atoms with E-state index in [1.54, 1.807) is 0 Å². The zero-order valence-corrected chi connectivity index (χ0v) is 14.7. The second-order valence-corrected chi connectivity index (χ2v) is 6.63. The van der Waals surface area contributed by atoms with E-state index in [0.29, 0.717) is 18.1 Å². The van der Waals surface area contributed by atoms with Gasteiger partial charge in [-0.25, -0.2) is 4.68 Å². The topological polar surface area (TPSA) is 94.2 Å². The van der Waals surface area contributed by atoms with Crippen LogP contribution < -0.4 is 21.1 Å². The van der Waals surface area contributed by atoms with Crippen molar-refractivity contribution in [1.82, 2.24) is 15.1 Å². The van der Waals surface area contributed by atoms with Crippen LogP contribution in [-0.2, 0) is 6.54 Å². The molecule has 2 heterocycles. The van der Waals surface area contributed by atoms with Crippen LogP contribution in [0, 0.1) is 12.8 Å². The number of nitrogens with zero attached hydrogens (tertiary/aromatic N) is 2. The molecule has 0 fully saturated rings. The molecule has 7 nitrogen and oxygen atoms in total. The normalized spacial score (nSPS) is 17.4. The molecule has 0 saturated heterocycles. The summed E-state index contributed by atoms with van der Waals surface area (Å²) in [5.74, 6) is 1.54. The summed E-state index contributed by atoms with van der Waals surface area (Å²) in [7, 11) is 0. The van der Waals surface area contributed by atoms with Crippen molar-refractivity contribution in [2.45, 2.75) is 26.4 Å². The van der Waals surface area contributed by atoms with Gasteiger partial charge in [0.1, 0.15) is 23.7 Å². The van der Waals surface area contributed by atoms with Crippen molar-refractivity contribution in [2.75, 3.05) is 25.0 Å². The molecule has 1 aromatic carbocycles. The molecular weight excluding hydrogens is 318 g/mol. The SMILES string of the molecule is Cc1ccc(OC[C@@H](C)NC[C@@H]2CNc3c(C(N)=O)cnn3C2)cc1. The smallest absolute Gasteiger partial charge is 0.254 e. The maximum Gasteiger partial charge on any atom is 0.254 e. The second kappa shape index (κ2) is 7.57. The number of aromatic nitrogens is 2. The maximum atomic E-state index is 11.3. The van der Waals surface area contributed by atoms with Crippen LogP contribution in [0.2, 0.25) is 0 Å². The van der Waals surface area contributed by atoms with Crippen LogP contribution >= 0.6 is 0 Å². The van der Waals surface area contributed by atoms with E-state index in [2.05, 4.69) is 29.6 Å². The molecule has 1 aromatic heterocycles. The fourth-order valence-electron chi connectivity index (χ4n) is 2.86. The van der Waals surface area contributed by atoms with Gasteiger partial charge in [0.05, 0.1) is 6.20 Å². The number of primary amides is 1. The number of amides is 1. The highest BCUT2D eigenvalue weighted by molar-refractivity contribution is 5.97. The second-order valence-electron chi connectivity index (χ2n) is 6.63. The summed E-state index contributed by atoms with van der Waals surface area (Å²) < 4.78 is 7.61. The van der Waals surface area contributed by atoms with Crippen molar-refractivity contribution in [3.8, 4) is 5.75 Å². The highest BCUT2D eigenvalue weighted by Gasteiger charge is 2.23. The predicted octanol–water partition coefficient (Wildman–Crippen LogP) is 1.39. The molecule has 0 saturated carbocycles. The van der Waals surface area contributed by atoms with Gasteiger partial charge >= 0.3 is 0 Å². The third kappa shape index (κ3) is 4.30. The number of ether oxygens (including phenoxy) is 1. The number of aryl methyl sites for hydroxylation is 1. The van der Waals surface area contributed by atoms with Gasteiger partial charge in [0, 0.05) is 31.6 Å². The van der Waals surface area contributed by atoms with Gasteiger partial charge in [-0.05, 0) is 26.0 Å². The standard InChI is InChI=1S/C18H25N5O2/c1-12-3-5-15(6-4-12)25-11-13(2)20-7-14-8-21-18-16(17(19)24)9-22-23(18)10-14/h3-6,9,13-14,20-21H,7-8,10-11H2,1-2H3,(H2,19,24)/t13-,14-/m1/s1. The van der Waals surface area contributed by atoms with Crippen molar-refractivity contribution in [3.05, 3.63) is 41.6 Å². The molecule has 2 atom stereocenters. The van der Waals surface area contributed by atoms with E-state index < -0.39 is 5.91 Å². The first-order valence-corrected chi connectivity index (χ1v) is 8.55. The minimum atomic E-state index is -0.452. The maximum absolute atomic E-state index is 11.3. The Morgan fingerprint density at radius 1 is 1.48 bits per heavy atom. The summed E-state index contributed by atoms with van der Waals surface area (Å²) in [6.07, 6.45) is 1.53. The summed E-state index contributed by atoms with van der Waals surface area (Å²) in [6, 6.07) is 8.30. The van der Waals surface area contributed by atoms with Crippen LogP contribution in [0.15, 0.2) is 30.5 Å². The first-order chi connectivity index (χ1) is 12.0. The molecule has 1 amide bonds. The number of fused-ring (bicyclic) bond motifs is 1. The zero-order valence-electron chi connectivity index (χ0n) is 14.7. The Kier molecular flexibility index (Phi) is 5.23. The number of carbonyl (C=O) groups excluding carboxylic acids is 1. The van der Waals surface area contributed by atoms with Crippen LogP contribution in [0.3, 0.4) is 0 Å². The number of benzene rings is 1. The van der Waals surface area contributed by atoms with Gasteiger partial charge in [0.25, 0.3) is 5.91 Å². The van der Waals surface area contributed by atoms with E-state index in [1.165, 1.54) is 11.8 Å². The molecule has 1 aliphatic rings. The van der Waals surface area contributed by atoms with Gasteiger partial charge in [-0.2, -0.15) is 5.10 Å². The predicted molar refractivity (Wildman–Crippen MR) is 96.9 cm³/mol. The van der Waals surface area contributed by atoms with Crippen LogP contribution in [-0.4, -0.2) is 41.4 Å². The molecule has 134 valence electrons. The van der Waals surface area contributed by atoms with E-state index in [-0.39, 0.29) is 6.04 Å². The zero-order chi connectivity index (χ0) is 17.8. The number of carbonyl (C=O) groups is 1. The molecule has 0 aliphatic carbocycles. The Balaban J connectivity index is 1.44. The van der Waals surface area contributed by atoms with Gasteiger partial charge in [0.15, 0.2) is 0 Å². The molecule has 1 aliphatic heterocycles. The van der Waals surface area contributed by atoms with Crippen LogP contribution in [0.4, 0.5) is 5.82 Å². The van der Waals surface area contributed by atoms with E-state index >= 15 is 0 Å². The van der Waals surface area contributed by atoms with Crippen molar-refractivity contribution in [1.29, 1.82) is 0 Å². The number of anilines is 1. The van der Waals surface area contributed by atoms with Crippen molar-refractivity contribution < 1.29 is 9.53 Å². The Labute approximate surface area is 147 Å². The fourth-order valence-corrected chi connectivity index (χ4v) is 2.86. The van der Waals surface area contributed by atoms with Crippen molar-refractivity contribution >= 4 is 11.7 Å². The minimum absolute atomic E-state index is 0.238. The van der Waals surface area contributed by atoms with E-state index in [9.17, 15) is 4.79 Å². The van der Waals surface area contributed by atoms with Crippen LogP contribution in [0.25, 0.3) is 0 Å². The number of hydrogen-bond acceptors (Lipinski definition) is 5. The van der Waals surface area contributed by atoms with Gasteiger partial charge in [0.2, 0.25) is 0 Å². The quantitative estimate of drug-likeness (QED) is 0.706. The molecular formula is C18H25N5O2. The summed E-state index contributed by atoms with van der Waals surface area (Å²) in [5.41, 5.74) is 7.02. The minimum Gasteiger partial charge on any atom is -0.492 e. The van der Waals surface area contributed by atoms with Crippen molar-refractivity contribution in [3.63, 3.8) is 0 Å². The number of nitrogens with one attached hydrogen (secondary N) is 2. The van der Waals surface area contributed by atoms with Gasteiger partial charge in [-0.15, -0.1) is 0 Å². The Bertz CT molecular complexity index is 726. The Morgan fingerprint density at radius 3 is 2.96 bits per heavy atom. The molecule has 2 aromatic rings. The van der Waals surface area contributed by atoms with E-state index in [4.69, 9.17) is 10.5 Å². The van der Waals surface area contributed by atoms with Gasteiger partial charge in [-0.3, -0.25) is 4.79 Å². The number of nitrogens with two attached hydrogens (primary N) is 1. The molecule has 7 heteroatoms. The number of rotatable bonds is 7. The molecule has 0 radical (unpaired) electrons. The summed E-state index contributed by atoms with van der Waals surface area (Å²) in [4.78, 5) is 11.3. The third-order valence-electron chi connectivity index (χ3n) is 4.37. The molecule has 3 rings (SSSR count). The van der Waals surface area contributed by atoms with Crippen molar-refractivity contribution in [2.24, 2.45) is 11.7 Å². The first kappa shape index (κ1) is 17.3. The lowest BCUT2D eigenvalue weighted by Crippen LogP contribution is -2.40. The lowest BCUT2D eigenvalue weighted by Gasteiger charge is -2.27.